The molecule has 152 valence electrons. The summed E-state index contributed by atoms with van der Waals surface area (Å²) in [4.78, 5) is 12.5. The fraction of sp³-hybridized carbons (Fsp3) is 0.381. The number of benzene rings is 2. The number of ether oxygens (including phenoxy) is 2. The van der Waals surface area contributed by atoms with Crippen LogP contribution >= 0.6 is 0 Å². The van der Waals surface area contributed by atoms with Gasteiger partial charge in [-0.05, 0) is 61.6 Å². The molecule has 0 radical (unpaired) electrons. The summed E-state index contributed by atoms with van der Waals surface area (Å²) in [5, 5.41) is 0. The van der Waals surface area contributed by atoms with Crippen LogP contribution in [0, 0.1) is 5.82 Å². The van der Waals surface area contributed by atoms with Gasteiger partial charge in [0.15, 0.2) is 11.6 Å². The first-order valence-electron chi connectivity index (χ1n) is 8.82. The Balaban J connectivity index is 2.20. The summed E-state index contributed by atoms with van der Waals surface area (Å²) in [5.41, 5.74) is 0.265. The summed E-state index contributed by atoms with van der Waals surface area (Å²) >= 11 is 0. The van der Waals surface area contributed by atoms with Gasteiger partial charge in [0, 0.05) is 0 Å². The molecule has 0 bridgehead atoms. The molecule has 0 heterocycles. The van der Waals surface area contributed by atoms with Crippen molar-refractivity contribution < 1.29 is 31.8 Å². The molecule has 0 saturated carbocycles. The van der Waals surface area contributed by atoms with Crippen LogP contribution in [0.4, 0.5) is 17.6 Å². The molecule has 0 N–H and O–H groups in total. The van der Waals surface area contributed by atoms with Crippen molar-refractivity contribution in [1.29, 1.82) is 0 Å². The smallest absolute Gasteiger partial charge is 0.451 e. The predicted octanol–water partition coefficient (Wildman–Crippen LogP) is 6.33. The maximum atomic E-state index is 13.6. The van der Waals surface area contributed by atoms with Crippen LogP contribution in [0.1, 0.15) is 61.5 Å². The van der Waals surface area contributed by atoms with E-state index in [4.69, 9.17) is 4.74 Å². The third-order valence-electron chi connectivity index (χ3n) is 4.53. The number of carbonyl (C=O) groups is 1. The topological polar surface area (TPSA) is 35.5 Å². The number of esters is 1. The van der Waals surface area contributed by atoms with E-state index in [1.165, 1.54) is 19.9 Å². The lowest BCUT2D eigenvalue weighted by Gasteiger charge is -2.26. The molecule has 2 aromatic carbocycles. The Kier molecular flexibility index (Phi) is 6.37. The second-order valence-electron chi connectivity index (χ2n) is 7.02. The van der Waals surface area contributed by atoms with E-state index in [2.05, 4.69) is 18.6 Å². The summed E-state index contributed by atoms with van der Waals surface area (Å²) < 4.78 is 60.0. The van der Waals surface area contributed by atoms with Crippen molar-refractivity contribution in [2.45, 2.75) is 52.0 Å². The minimum atomic E-state index is -5.03. The second-order valence-corrected chi connectivity index (χ2v) is 7.02. The minimum Gasteiger partial charge on any atom is -0.451 e. The largest absolute Gasteiger partial charge is 0.573 e. The van der Waals surface area contributed by atoms with Gasteiger partial charge < -0.3 is 9.47 Å². The highest BCUT2D eigenvalue weighted by Gasteiger charge is 2.34. The number of carbonyl (C=O) groups excluding carboxylic acids is 1. The molecule has 0 fully saturated rings. The molecule has 0 aromatic heterocycles. The number of alkyl halides is 3. The monoisotopic (exact) mass is 398 g/mol. The van der Waals surface area contributed by atoms with Crippen molar-refractivity contribution in [3.05, 3.63) is 65.0 Å². The molecule has 0 spiro atoms. The number of hydrogen-bond donors (Lipinski definition) is 0. The Labute approximate surface area is 161 Å². The highest BCUT2D eigenvalue weighted by molar-refractivity contribution is 5.89. The first-order chi connectivity index (χ1) is 12.9. The van der Waals surface area contributed by atoms with E-state index in [1.807, 2.05) is 12.1 Å². The van der Waals surface area contributed by atoms with Crippen LogP contribution < -0.4 is 4.74 Å². The number of hydrogen-bond acceptors (Lipinski definition) is 3. The quantitative estimate of drug-likeness (QED) is 0.421. The molecule has 0 saturated heterocycles. The van der Waals surface area contributed by atoms with Gasteiger partial charge in [0.1, 0.15) is 5.60 Å². The van der Waals surface area contributed by atoms with Crippen molar-refractivity contribution in [1.82, 2.24) is 0 Å². The Bertz CT molecular complexity index is 827. The lowest BCUT2D eigenvalue weighted by Crippen LogP contribution is -2.26. The number of halogens is 4. The predicted molar refractivity (Wildman–Crippen MR) is 96.7 cm³/mol. The molecule has 7 heteroatoms. The molecular weight excluding hydrogens is 376 g/mol. The van der Waals surface area contributed by atoms with E-state index in [-0.39, 0.29) is 5.56 Å². The van der Waals surface area contributed by atoms with Gasteiger partial charge in [-0.3, -0.25) is 0 Å². The van der Waals surface area contributed by atoms with Gasteiger partial charge in [0.25, 0.3) is 0 Å². The molecule has 1 atom stereocenters. The fourth-order valence-corrected chi connectivity index (χ4v) is 2.61. The van der Waals surface area contributed by atoms with E-state index in [9.17, 15) is 22.4 Å². The molecule has 1 unspecified atom stereocenters. The lowest BCUT2D eigenvalue weighted by atomic mass is 9.96. The van der Waals surface area contributed by atoms with Crippen LogP contribution in [0.25, 0.3) is 0 Å². The fourth-order valence-electron chi connectivity index (χ4n) is 2.61. The molecule has 0 amide bonds. The van der Waals surface area contributed by atoms with E-state index < -0.39 is 29.5 Å². The minimum absolute atomic E-state index is 0.165. The van der Waals surface area contributed by atoms with E-state index >= 15 is 0 Å². The summed E-state index contributed by atoms with van der Waals surface area (Å²) in [6, 6.07) is 9.92. The van der Waals surface area contributed by atoms with Gasteiger partial charge in [0.05, 0.1) is 5.56 Å². The Hall–Kier alpha value is -2.57. The maximum absolute atomic E-state index is 13.6. The Morgan fingerprint density at radius 1 is 1.07 bits per heavy atom. The van der Waals surface area contributed by atoms with Gasteiger partial charge in [-0.15, -0.1) is 13.2 Å². The van der Waals surface area contributed by atoms with Gasteiger partial charge >= 0.3 is 12.3 Å². The van der Waals surface area contributed by atoms with Crippen molar-refractivity contribution in [3.8, 4) is 5.75 Å². The SMILES string of the molecule is CCC(C)c1ccc(C(=O)OC(C)(C)c2ccc(F)c(OC(F)(F)F)c2)cc1. The standard InChI is InChI=1S/C21H22F4O3/c1-5-13(2)14-6-8-15(9-7-14)19(26)28-20(3,4)16-10-11-17(22)18(12-16)27-21(23,24)25/h6-13H,5H2,1-4H3. The zero-order valence-corrected chi connectivity index (χ0v) is 16.1. The average molecular weight is 398 g/mol. The molecule has 0 aliphatic rings. The first-order valence-corrected chi connectivity index (χ1v) is 8.82. The third-order valence-corrected chi connectivity index (χ3v) is 4.53. The van der Waals surface area contributed by atoms with Crippen molar-refractivity contribution in [3.63, 3.8) is 0 Å². The van der Waals surface area contributed by atoms with Crippen LogP contribution in [0.2, 0.25) is 0 Å². The molecule has 28 heavy (non-hydrogen) atoms. The molecule has 0 aliphatic carbocycles. The maximum Gasteiger partial charge on any atom is 0.573 e. The van der Waals surface area contributed by atoms with Gasteiger partial charge in [0.2, 0.25) is 0 Å². The summed E-state index contributed by atoms with van der Waals surface area (Å²) in [6.45, 7) is 7.15. The molecule has 3 nitrogen and oxygen atoms in total. The summed E-state index contributed by atoms with van der Waals surface area (Å²) in [6.07, 6.45) is -4.07. The summed E-state index contributed by atoms with van der Waals surface area (Å²) in [5.74, 6) is -2.42. The van der Waals surface area contributed by atoms with Crippen LogP contribution in [0.3, 0.4) is 0 Å². The lowest BCUT2D eigenvalue weighted by molar-refractivity contribution is -0.275. The van der Waals surface area contributed by atoms with Gasteiger partial charge in [-0.2, -0.15) is 0 Å². The van der Waals surface area contributed by atoms with E-state index in [0.717, 1.165) is 24.1 Å². The first kappa shape index (κ1) is 21.7. The van der Waals surface area contributed by atoms with Gasteiger partial charge in [-0.1, -0.05) is 32.0 Å². The summed E-state index contributed by atoms with van der Waals surface area (Å²) in [7, 11) is 0. The highest BCUT2D eigenvalue weighted by atomic mass is 19.4. The normalized spacial score (nSPS) is 13.1. The van der Waals surface area contributed by atoms with Crippen molar-refractivity contribution in [2.24, 2.45) is 0 Å². The Morgan fingerprint density at radius 3 is 2.21 bits per heavy atom. The van der Waals surface area contributed by atoms with Crippen molar-refractivity contribution >= 4 is 5.97 Å². The molecular formula is C21H22F4O3. The zero-order valence-electron chi connectivity index (χ0n) is 16.1. The second kappa shape index (κ2) is 8.20. The number of rotatable bonds is 6. The molecule has 0 aliphatic heterocycles. The van der Waals surface area contributed by atoms with Crippen molar-refractivity contribution in [2.75, 3.05) is 0 Å². The molecule has 2 aromatic rings. The molecule has 2 rings (SSSR count). The van der Waals surface area contributed by atoms with Crippen LogP contribution in [0.15, 0.2) is 42.5 Å². The van der Waals surface area contributed by atoms with E-state index in [0.29, 0.717) is 11.5 Å². The zero-order chi connectivity index (χ0) is 21.1. The Morgan fingerprint density at radius 2 is 1.68 bits per heavy atom. The third kappa shape index (κ3) is 5.47. The van der Waals surface area contributed by atoms with Crippen LogP contribution in [0.5, 0.6) is 5.75 Å². The van der Waals surface area contributed by atoms with Crippen LogP contribution in [-0.4, -0.2) is 12.3 Å². The van der Waals surface area contributed by atoms with E-state index in [1.54, 1.807) is 12.1 Å². The van der Waals surface area contributed by atoms with Crippen LogP contribution in [-0.2, 0) is 10.3 Å². The highest BCUT2D eigenvalue weighted by Crippen LogP contribution is 2.33. The van der Waals surface area contributed by atoms with Gasteiger partial charge in [-0.25, -0.2) is 9.18 Å². The average Bonchev–Trinajstić information content (AvgIpc) is 2.61.